The van der Waals surface area contributed by atoms with Crippen LogP contribution in [-0.4, -0.2) is 78.1 Å². The van der Waals surface area contributed by atoms with Crippen LogP contribution in [0.4, 0.5) is 4.79 Å². The van der Waals surface area contributed by atoms with Crippen molar-refractivity contribution in [2.45, 2.75) is 83.9 Å². The van der Waals surface area contributed by atoms with Gasteiger partial charge in [-0.3, -0.25) is 19.7 Å². The highest BCUT2D eigenvalue weighted by atomic mass is 16.6. The van der Waals surface area contributed by atoms with E-state index in [0.29, 0.717) is 57.8 Å². The molecule has 40 heavy (non-hydrogen) atoms. The highest BCUT2D eigenvalue weighted by molar-refractivity contribution is 6.05. The topological polar surface area (TPSA) is 131 Å². The summed E-state index contributed by atoms with van der Waals surface area (Å²) in [5, 5.41) is 2.32. The van der Waals surface area contributed by atoms with Crippen molar-refractivity contribution in [3.8, 4) is 11.8 Å². The van der Waals surface area contributed by atoms with Crippen LogP contribution in [0.15, 0.2) is 18.2 Å². The van der Waals surface area contributed by atoms with Crippen molar-refractivity contribution >= 4 is 23.8 Å². The van der Waals surface area contributed by atoms with E-state index in [9.17, 15) is 19.2 Å². The van der Waals surface area contributed by atoms with Crippen LogP contribution in [0, 0.1) is 11.8 Å². The van der Waals surface area contributed by atoms with Gasteiger partial charge in [0.25, 0.3) is 5.91 Å². The highest BCUT2D eigenvalue weighted by Gasteiger charge is 2.39. The number of hydrogen-bond donors (Lipinski definition) is 2. The predicted octanol–water partition coefficient (Wildman–Crippen LogP) is 2.96. The Morgan fingerprint density at radius 1 is 1.12 bits per heavy atom. The molecule has 0 saturated carbocycles. The van der Waals surface area contributed by atoms with E-state index < -0.39 is 17.6 Å². The second kappa shape index (κ2) is 14.8. The molecule has 1 unspecified atom stereocenters. The van der Waals surface area contributed by atoms with Crippen molar-refractivity contribution in [2.75, 3.05) is 32.8 Å². The Labute approximate surface area is 236 Å². The van der Waals surface area contributed by atoms with Crippen molar-refractivity contribution in [3.05, 3.63) is 34.9 Å². The van der Waals surface area contributed by atoms with Gasteiger partial charge in [0.15, 0.2) is 0 Å². The SMILES string of the molecule is CC(C)(C)OC(=O)N(CCC#Cc1ccc2c(c1)CN(C1CCC(=O)NC1=O)C2=O)CCCCOCCCCN. The summed E-state index contributed by atoms with van der Waals surface area (Å²) in [7, 11) is 0. The van der Waals surface area contributed by atoms with E-state index in [4.69, 9.17) is 15.2 Å². The van der Waals surface area contributed by atoms with Gasteiger partial charge in [-0.25, -0.2) is 4.79 Å². The van der Waals surface area contributed by atoms with Crippen LogP contribution in [0.3, 0.4) is 0 Å². The molecular formula is C30H42N4O6. The third kappa shape index (κ3) is 9.35. The zero-order valence-electron chi connectivity index (χ0n) is 23.9. The lowest BCUT2D eigenvalue weighted by Gasteiger charge is -2.29. The minimum atomic E-state index is -0.645. The number of rotatable bonds is 12. The molecule has 2 heterocycles. The Bertz CT molecular complexity index is 1130. The van der Waals surface area contributed by atoms with Crippen LogP contribution >= 0.6 is 0 Å². The van der Waals surface area contributed by atoms with Gasteiger partial charge < -0.3 is 25.0 Å². The van der Waals surface area contributed by atoms with Gasteiger partial charge in [-0.15, -0.1) is 0 Å². The van der Waals surface area contributed by atoms with Gasteiger partial charge in [-0.1, -0.05) is 11.8 Å². The largest absolute Gasteiger partial charge is 0.444 e. The molecule has 3 N–H and O–H groups in total. The number of carbonyl (C=O) groups is 4. The molecule has 3 rings (SSSR count). The first kappa shape index (κ1) is 31.1. The quantitative estimate of drug-likeness (QED) is 0.231. The van der Waals surface area contributed by atoms with E-state index in [1.54, 1.807) is 17.0 Å². The summed E-state index contributed by atoms with van der Waals surface area (Å²) in [5.41, 5.74) is 7.02. The molecule has 1 fully saturated rings. The number of nitrogens with zero attached hydrogens (tertiary/aromatic N) is 2. The number of hydrogen-bond acceptors (Lipinski definition) is 7. The molecule has 1 aromatic carbocycles. The van der Waals surface area contributed by atoms with Gasteiger partial charge in [0.2, 0.25) is 11.8 Å². The van der Waals surface area contributed by atoms with Crippen molar-refractivity contribution in [1.29, 1.82) is 0 Å². The van der Waals surface area contributed by atoms with E-state index >= 15 is 0 Å². The summed E-state index contributed by atoms with van der Waals surface area (Å²) >= 11 is 0. The summed E-state index contributed by atoms with van der Waals surface area (Å²) < 4.78 is 11.2. The van der Waals surface area contributed by atoms with Gasteiger partial charge in [-0.2, -0.15) is 0 Å². The minimum absolute atomic E-state index is 0.210. The molecule has 2 aliphatic rings. The van der Waals surface area contributed by atoms with Gasteiger partial charge in [-0.05, 0) is 83.2 Å². The third-order valence-electron chi connectivity index (χ3n) is 6.62. The Kier molecular flexibility index (Phi) is 11.5. The number of nitrogens with two attached hydrogens (primary N) is 1. The minimum Gasteiger partial charge on any atom is -0.444 e. The van der Waals surface area contributed by atoms with Crippen LogP contribution < -0.4 is 11.1 Å². The van der Waals surface area contributed by atoms with E-state index in [-0.39, 0.29) is 24.3 Å². The number of carbonyl (C=O) groups excluding carboxylic acids is 4. The molecule has 218 valence electrons. The first-order valence-electron chi connectivity index (χ1n) is 14.1. The summed E-state index contributed by atoms with van der Waals surface area (Å²) in [5.74, 6) is 5.32. The molecule has 1 saturated heterocycles. The number of imide groups is 1. The number of amides is 4. The molecule has 0 aromatic heterocycles. The summed E-state index contributed by atoms with van der Waals surface area (Å²) in [4.78, 5) is 52.6. The van der Waals surface area contributed by atoms with Crippen LogP contribution in [0.1, 0.15) is 87.2 Å². The fraction of sp³-hybridized carbons (Fsp3) is 0.600. The standard InChI is InChI=1S/C30H42N4O6/c1-30(2,3)40-29(38)33(17-7-9-19-39-18-8-5-15-31)16-6-4-10-22-11-12-24-23(20-22)21-34(28(24)37)25-13-14-26(35)32-27(25)36/h11-12,20,25H,5-9,13-19,21,31H2,1-3H3,(H,32,35,36). The smallest absolute Gasteiger partial charge is 0.410 e. The normalized spacial score (nSPS) is 16.8. The third-order valence-corrected chi connectivity index (χ3v) is 6.62. The maximum Gasteiger partial charge on any atom is 0.410 e. The Morgan fingerprint density at radius 2 is 1.88 bits per heavy atom. The maximum absolute atomic E-state index is 12.9. The molecular weight excluding hydrogens is 512 g/mol. The molecule has 0 bridgehead atoms. The van der Waals surface area contributed by atoms with E-state index in [0.717, 1.165) is 36.8 Å². The molecule has 0 aliphatic carbocycles. The molecule has 10 nitrogen and oxygen atoms in total. The predicted molar refractivity (Wildman–Crippen MR) is 150 cm³/mol. The lowest BCUT2D eigenvalue weighted by molar-refractivity contribution is -0.136. The lowest BCUT2D eigenvalue weighted by atomic mass is 10.0. The number of piperidine rings is 1. The lowest BCUT2D eigenvalue weighted by Crippen LogP contribution is -2.52. The van der Waals surface area contributed by atoms with Crippen LogP contribution in [0.5, 0.6) is 0 Å². The van der Waals surface area contributed by atoms with E-state index in [1.807, 2.05) is 26.8 Å². The van der Waals surface area contributed by atoms with Crippen molar-refractivity contribution in [3.63, 3.8) is 0 Å². The molecule has 0 spiro atoms. The van der Waals surface area contributed by atoms with Crippen molar-refractivity contribution < 1.29 is 28.7 Å². The number of unbranched alkanes of at least 4 members (excludes halogenated alkanes) is 2. The van der Waals surface area contributed by atoms with E-state index in [1.165, 1.54) is 4.90 Å². The van der Waals surface area contributed by atoms with Gasteiger partial charge >= 0.3 is 6.09 Å². The van der Waals surface area contributed by atoms with Gasteiger partial charge in [0.05, 0.1) is 0 Å². The number of nitrogens with one attached hydrogen (secondary N) is 1. The molecule has 1 aromatic rings. The molecule has 2 aliphatic heterocycles. The molecule has 10 heteroatoms. The van der Waals surface area contributed by atoms with Crippen molar-refractivity contribution in [1.82, 2.24) is 15.1 Å². The van der Waals surface area contributed by atoms with Crippen LogP contribution in [-0.2, 0) is 25.6 Å². The Balaban J connectivity index is 1.53. The summed E-state index contributed by atoms with van der Waals surface area (Å²) in [6.07, 6.45) is 4.21. The first-order chi connectivity index (χ1) is 19.1. The maximum atomic E-state index is 12.9. The number of benzene rings is 1. The zero-order chi connectivity index (χ0) is 29.1. The number of fused-ring (bicyclic) bond motifs is 1. The van der Waals surface area contributed by atoms with Crippen molar-refractivity contribution in [2.24, 2.45) is 5.73 Å². The van der Waals surface area contributed by atoms with Gasteiger partial charge in [0.1, 0.15) is 11.6 Å². The zero-order valence-corrected chi connectivity index (χ0v) is 23.9. The van der Waals surface area contributed by atoms with Crippen LogP contribution in [0.25, 0.3) is 0 Å². The second-order valence-electron chi connectivity index (χ2n) is 11.1. The molecule has 0 radical (unpaired) electrons. The Hall–Kier alpha value is -3.42. The fourth-order valence-corrected chi connectivity index (χ4v) is 4.59. The average molecular weight is 555 g/mol. The summed E-state index contributed by atoms with van der Waals surface area (Å²) in [6.45, 7) is 8.86. The number of ether oxygens (including phenoxy) is 2. The first-order valence-corrected chi connectivity index (χ1v) is 14.1. The molecule has 1 atom stereocenters. The second-order valence-corrected chi connectivity index (χ2v) is 11.1. The van der Waals surface area contributed by atoms with Crippen LogP contribution in [0.2, 0.25) is 0 Å². The average Bonchev–Trinajstić information content (AvgIpc) is 3.21. The fourth-order valence-electron chi connectivity index (χ4n) is 4.59. The van der Waals surface area contributed by atoms with E-state index in [2.05, 4.69) is 17.2 Å². The molecule has 4 amide bonds. The monoisotopic (exact) mass is 554 g/mol. The highest BCUT2D eigenvalue weighted by Crippen LogP contribution is 2.28. The summed E-state index contributed by atoms with van der Waals surface area (Å²) in [6, 6.07) is 4.74. The van der Waals surface area contributed by atoms with Gasteiger partial charge in [0, 0.05) is 56.8 Å². The Morgan fingerprint density at radius 3 is 2.58 bits per heavy atom.